The maximum Gasteiger partial charge on any atom is 0.308 e. The minimum absolute atomic E-state index is 0.127. The van der Waals surface area contributed by atoms with Gasteiger partial charge in [-0.15, -0.1) is 11.3 Å². The van der Waals surface area contributed by atoms with Crippen molar-refractivity contribution in [3.05, 3.63) is 22.4 Å². The molecular formula is C13H15N3O4S2. The fourth-order valence-corrected chi connectivity index (χ4v) is 2.97. The molecule has 1 saturated heterocycles. The topological polar surface area (TPSA) is 87.7 Å². The van der Waals surface area contributed by atoms with E-state index in [1.54, 1.807) is 17.5 Å². The molecule has 22 heavy (non-hydrogen) atoms. The molecule has 0 aliphatic carbocycles. The summed E-state index contributed by atoms with van der Waals surface area (Å²) in [5.74, 6) is -1.16. The van der Waals surface area contributed by atoms with Crippen molar-refractivity contribution in [1.82, 2.24) is 15.5 Å². The number of carbonyl (C=O) groups excluding carboxylic acids is 3. The van der Waals surface area contributed by atoms with Crippen molar-refractivity contribution in [3.8, 4) is 0 Å². The highest BCUT2D eigenvalue weighted by Crippen LogP contribution is 2.12. The summed E-state index contributed by atoms with van der Waals surface area (Å²) in [5.41, 5.74) is 0. The molecule has 2 amide bonds. The number of thiocarbonyl (C=S) groups is 1. The van der Waals surface area contributed by atoms with Gasteiger partial charge in [0.15, 0.2) is 5.11 Å². The molecule has 1 aliphatic rings. The predicted molar refractivity (Wildman–Crippen MR) is 84.5 cm³/mol. The van der Waals surface area contributed by atoms with Crippen LogP contribution in [0.2, 0.25) is 0 Å². The Kier molecular flexibility index (Phi) is 5.45. The van der Waals surface area contributed by atoms with Crippen LogP contribution in [0.3, 0.4) is 0 Å². The third-order valence-electron chi connectivity index (χ3n) is 3.14. The Morgan fingerprint density at radius 3 is 3.00 bits per heavy atom. The van der Waals surface area contributed by atoms with E-state index in [1.807, 2.05) is 0 Å². The highest BCUT2D eigenvalue weighted by Gasteiger charge is 2.34. The summed E-state index contributed by atoms with van der Waals surface area (Å²) in [6.45, 7) is 0.808. The molecule has 1 aliphatic heterocycles. The molecule has 7 nitrogen and oxygen atoms in total. The summed E-state index contributed by atoms with van der Waals surface area (Å²) in [6.07, 6.45) is -0.128. The van der Waals surface area contributed by atoms with Crippen LogP contribution in [-0.4, -0.2) is 54.0 Å². The van der Waals surface area contributed by atoms with Gasteiger partial charge in [-0.2, -0.15) is 0 Å². The second-order valence-electron chi connectivity index (χ2n) is 4.52. The second-order valence-corrected chi connectivity index (χ2v) is 5.85. The van der Waals surface area contributed by atoms with E-state index in [9.17, 15) is 14.4 Å². The lowest BCUT2D eigenvalue weighted by Crippen LogP contribution is -2.60. The number of nitrogens with zero attached hydrogens (tertiary/aromatic N) is 1. The van der Waals surface area contributed by atoms with Crippen LogP contribution in [0, 0.1) is 0 Å². The van der Waals surface area contributed by atoms with Crippen LogP contribution >= 0.6 is 23.6 Å². The molecule has 1 aromatic rings. The van der Waals surface area contributed by atoms with Gasteiger partial charge in [0, 0.05) is 13.1 Å². The summed E-state index contributed by atoms with van der Waals surface area (Å²) in [4.78, 5) is 37.5. The van der Waals surface area contributed by atoms with Gasteiger partial charge in [0.2, 0.25) is 5.91 Å². The van der Waals surface area contributed by atoms with Gasteiger partial charge in [-0.25, -0.2) is 0 Å². The fourth-order valence-electron chi connectivity index (χ4n) is 2.04. The van der Waals surface area contributed by atoms with Gasteiger partial charge in [-0.1, -0.05) is 6.07 Å². The number of hydrogen-bond donors (Lipinski definition) is 2. The Morgan fingerprint density at radius 2 is 2.36 bits per heavy atom. The number of hydrogen-bond acceptors (Lipinski definition) is 6. The van der Waals surface area contributed by atoms with Crippen molar-refractivity contribution in [2.75, 3.05) is 20.2 Å². The van der Waals surface area contributed by atoms with Crippen LogP contribution in [0.1, 0.15) is 16.1 Å². The molecule has 0 radical (unpaired) electrons. The van der Waals surface area contributed by atoms with Gasteiger partial charge in [-0.3, -0.25) is 19.7 Å². The zero-order valence-corrected chi connectivity index (χ0v) is 13.5. The maximum atomic E-state index is 12.0. The average molecular weight is 341 g/mol. The first-order valence-corrected chi connectivity index (χ1v) is 7.81. The Labute approximate surface area is 136 Å². The molecule has 0 unspecified atom stereocenters. The van der Waals surface area contributed by atoms with Gasteiger partial charge in [0.25, 0.3) is 5.91 Å². The molecular weight excluding hydrogens is 326 g/mol. The van der Waals surface area contributed by atoms with Crippen molar-refractivity contribution in [3.63, 3.8) is 0 Å². The lowest BCUT2D eigenvalue weighted by molar-refractivity contribution is -0.144. The van der Waals surface area contributed by atoms with Crippen molar-refractivity contribution in [2.45, 2.75) is 12.5 Å². The number of nitrogens with one attached hydrogen (secondary N) is 2. The zero-order chi connectivity index (χ0) is 16.1. The summed E-state index contributed by atoms with van der Waals surface area (Å²) in [5, 5.41) is 7.17. The molecule has 2 rings (SSSR count). The number of amides is 2. The van der Waals surface area contributed by atoms with Crippen molar-refractivity contribution in [2.24, 2.45) is 0 Å². The molecule has 118 valence electrons. The highest BCUT2D eigenvalue weighted by atomic mass is 32.1. The largest absolute Gasteiger partial charge is 0.469 e. The Morgan fingerprint density at radius 1 is 1.59 bits per heavy atom. The normalized spacial score (nSPS) is 17.6. The lowest BCUT2D eigenvalue weighted by atomic mass is 10.1. The zero-order valence-electron chi connectivity index (χ0n) is 11.8. The van der Waals surface area contributed by atoms with E-state index < -0.39 is 12.0 Å². The Hall–Kier alpha value is -2.00. The monoisotopic (exact) mass is 341 g/mol. The third kappa shape index (κ3) is 3.80. The van der Waals surface area contributed by atoms with E-state index in [2.05, 4.69) is 15.4 Å². The second kappa shape index (κ2) is 7.32. The van der Waals surface area contributed by atoms with E-state index in [1.165, 1.54) is 23.3 Å². The van der Waals surface area contributed by atoms with E-state index in [0.717, 1.165) is 0 Å². The first-order chi connectivity index (χ1) is 10.5. The van der Waals surface area contributed by atoms with Gasteiger partial charge in [0.05, 0.1) is 18.4 Å². The summed E-state index contributed by atoms with van der Waals surface area (Å²) < 4.78 is 4.59. The number of carbonyl (C=O) groups is 3. The van der Waals surface area contributed by atoms with Crippen LogP contribution < -0.4 is 10.6 Å². The number of methoxy groups -OCH3 is 1. The molecule has 1 fully saturated rings. The van der Waals surface area contributed by atoms with Crippen LogP contribution in [-0.2, 0) is 14.3 Å². The lowest BCUT2D eigenvalue weighted by Gasteiger charge is -2.36. The fraction of sp³-hybridized carbons (Fsp3) is 0.385. The number of piperazine rings is 1. The molecule has 2 N–H and O–H groups in total. The highest BCUT2D eigenvalue weighted by molar-refractivity contribution is 7.80. The van der Waals surface area contributed by atoms with Crippen LogP contribution in [0.15, 0.2) is 17.5 Å². The van der Waals surface area contributed by atoms with Crippen LogP contribution in [0.25, 0.3) is 0 Å². The number of rotatable bonds is 3. The van der Waals surface area contributed by atoms with Gasteiger partial charge < -0.3 is 15.0 Å². The molecule has 0 bridgehead atoms. The molecule has 9 heteroatoms. The quantitative estimate of drug-likeness (QED) is 0.600. The standard InChI is InChI=1S/C13H15N3O4S2/c1-20-10(17)7-8-11(18)14-4-5-16(8)13(21)15-12(19)9-3-2-6-22-9/h2-3,6,8H,4-5,7H2,1H3,(H,14,18)(H,15,19,21)/t8-/m0/s1. The molecule has 1 aromatic heterocycles. The predicted octanol–water partition coefficient (Wildman–Crippen LogP) is 0.126. The number of esters is 1. The van der Waals surface area contributed by atoms with Crippen LogP contribution in [0.4, 0.5) is 0 Å². The van der Waals surface area contributed by atoms with Gasteiger partial charge >= 0.3 is 5.97 Å². The Balaban J connectivity index is 2.06. The molecule has 0 aromatic carbocycles. The maximum absolute atomic E-state index is 12.0. The summed E-state index contributed by atoms with van der Waals surface area (Å²) in [6, 6.07) is 2.66. The Bertz CT molecular complexity index is 588. The molecule has 2 heterocycles. The van der Waals surface area contributed by atoms with E-state index in [-0.39, 0.29) is 23.3 Å². The van der Waals surface area contributed by atoms with Crippen molar-refractivity contribution < 1.29 is 19.1 Å². The minimum atomic E-state index is -0.780. The summed E-state index contributed by atoms with van der Waals surface area (Å²) in [7, 11) is 1.25. The minimum Gasteiger partial charge on any atom is -0.469 e. The van der Waals surface area contributed by atoms with E-state index >= 15 is 0 Å². The number of thiophene rings is 1. The molecule has 0 saturated carbocycles. The smallest absolute Gasteiger partial charge is 0.308 e. The molecule has 0 spiro atoms. The third-order valence-corrected chi connectivity index (χ3v) is 4.35. The van der Waals surface area contributed by atoms with Crippen molar-refractivity contribution >= 4 is 46.5 Å². The SMILES string of the molecule is COC(=O)C[C@H]1C(=O)NCCN1C(=S)NC(=O)c1cccs1. The first-order valence-electron chi connectivity index (χ1n) is 6.53. The van der Waals surface area contributed by atoms with Gasteiger partial charge in [0.1, 0.15) is 6.04 Å². The van der Waals surface area contributed by atoms with E-state index in [0.29, 0.717) is 18.0 Å². The van der Waals surface area contributed by atoms with Crippen molar-refractivity contribution in [1.29, 1.82) is 0 Å². The first kappa shape index (κ1) is 16.4. The van der Waals surface area contributed by atoms with Crippen LogP contribution in [0.5, 0.6) is 0 Å². The molecule has 1 atom stereocenters. The van der Waals surface area contributed by atoms with Gasteiger partial charge in [-0.05, 0) is 23.7 Å². The summed E-state index contributed by atoms with van der Waals surface area (Å²) >= 11 is 6.50. The van der Waals surface area contributed by atoms with E-state index in [4.69, 9.17) is 12.2 Å². The number of ether oxygens (including phenoxy) is 1. The average Bonchev–Trinajstić information content (AvgIpc) is 3.03.